The molecule has 0 bridgehead atoms. The van der Waals surface area contributed by atoms with Gasteiger partial charge in [-0.2, -0.15) is 0 Å². The van der Waals surface area contributed by atoms with E-state index >= 15 is 0 Å². The number of carbonyl (C=O) groups is 1. The van der Waals surface area contributed by atoms with Crippen molar-refractivity contribution >= 4 is 5.91 Å². The molecule has 2 aliphatic rings. The van der Waals surface area contributed by atoms with Crippen LogP contribution in [0.1, 0.15) is 22.3 Å². The molecule has 0 saturated carbocycles. The molecule has 0 aliphatic carbocycles. The van der Waals surface area contributed by atoms with E-state index in [2.05, 4.69) is 41.0 Å². The van der Waals surface area contributed by atoms with Crippen LogP contribution in [0.2, 0.25) is 0 Å². The Kier molecular flexibility index (Phi) is 6.78. The van der Waals surface area contributed by atoms with E-state index in [1.165, 1.54) is 16.7 Å². The summed E-state index contributed by atoms with van der Waals surface area (Å²) in [5.74, 6) is 1.69. The van der Waals surface area contributed by atoms with Gasteiger partial charge in [0.2, 0.25) is 5.91 Å². The van der Waals surface area contributed by atoms with Gasteiger partial charge in [0.25, 0.3) is 0 Å². The monoisotopic (exact) mass is 423 g/mol. The van der Waals surface area contributed by atoms with Crippen LogP contribution in [0.4, 0.5) is 0 Å². The number of amides is 1. The Morgan fingerprint density at radius 2 is 1.58 bits per heavy atom. The van der Waals surface area contributed by atoms with Crippen LogP contribution in [-0.4, -0.2) is 74.1 Å². The van der Waals surface area contributed by atoms with Crippen LogP contribution in [0.3, 0.4) is 0 Å². The molecule has 0 spiro atoms. The van der Waals surface area contributed by atoms with E-state index in [4.69, 9.17) is 9.47 Å². The average Bonchev–Trinajstić information content (AvgIpc) is 2.79. The van der Waals surface area contributed by atoms with Crippen molar-refractivity contribution in [2.24, 2.45) is 0 Å². The van der Waals surface area contributed by atoms with Gasteiger partial charge >= 0.3 is 0 Å². The maximum absolute atomic E-state index is 13.0. The first-order valence-corrected chi connectivity index (χ1v) is 11.1. The number of nitrogens with zero attached hydrogens (tertiary/aromatic N) is 3. The first-order chi connectivity index (χ1) is 15.1. The normalized spacial score (nSPS) is 17.3. The van der Waals surface area contributed by atoms with Gasteiger partial charge in [0.15, 0.2) is 11.5 Å². The number of hydrogen-bond donors (Lipinski definition) is 0. The van der Waals surface area contributed by atoms with Crippen LogP contribution in [0.25, 0.3) is 0 Å². The third-order valence-corrected chi connectivity index (χ3v) is 6.38. The second kappa shape index (κ2) is 9.71. The molecule has 2 aromatic rings. The molecule has 1 amide bonds. The SMILES string of the molecule is COc1cc2c(cc1OC)CN(C(=O)CN1CCN(Cc3cccc(C)c3)CC1)CC2. The quantitative estimate of drug-likeness (QED) is 0.715. The molecule has 0 unspecified atom stereocenters. The molecular weight excluding hydrogens is 390 g/mol. The summed E-state index contributed by atoms with van der Waals surface area (Å²) in [6, 6.07) is 12.8. The molecule has 31 heavy (non-hydrogen) atoms. The minimum Gasteiger partial charge on any atom is -0.493 e. The molecular formula is C25H33N3O3. The van der Waals surface area contributed by atoms with Gasteiger partial charge in [-0.3, -0.25) is 14.6 Å². The smallest absolute Gasteiger partial charge is 0.237 e. The van der Waals surface area contributed by atoms with Crippen molar-refractivity contribution in [1.29, 1.82) is 0 Å². The largest absolute Gasteiger partial charge is 0.493 e. The van der Waals surface area contributed by atoms with E-state index in [-0.39, 0.29) is 5.91 Å². The second-order valence-electron chi connectivity index (χ2n) is 8.58. The highest BCUT2D eigenvalue weighted by molar-refractivity contribution is 5.78. The fraction of sp³-hybridized carbons (Fsp3) is 0.480. The number of rotatable bonds is 6. The molecule has 2 heterocycles. The molecule has 2 aliphatic heterocycles. The molecule has 0 N–H and O–H groups in total. The van der Waals surface area contributed by atoms with Crippen LogP contribution in [0, 0.1) is 6.92 Å². The van der Waals surface area contributed by atoms with E-state index < -0.39 is 0 Å². The minimum atomic E-state index is 0.215. The number of benzene rings is 2. The summed E-state index contributed by atoms with van der Waals surface area (Å²) in [5.41, 5.74) is 5.07. The summed E-state index contributed by atoms with van der Waals surface area (Å²) in [6.45, 7) is 8.90. The fourth-order valence-corrected chi connectivity index (χ4v) is 4.56. The van der Waals surface area contributed by atoms with Gasteiger partial charge in [-0.05, 0) is 42.2 Å². The molecule has 1 fully saturated rings. The Morgan fingerprint density at radius 3 is 2.26 bits per heavy atom. The first-order valence-electron chi connectivity index (χ1n) is 11.1. The van der Waals surface area contributed by atoms with Gasteiger partial charge in [0, 0.05) is 45.8 Å². The van der Waals surface area contributed by atoms with Crippen LogP contribution >= 0.6 is 0 Å². The Bertz CT molecular complexity index is 922. The number of piperazine rings is 1. The van der Waals surface area contributed by atoms with Gasteiger partial charge in [0.05, 0.1) is 20.8 Å². The molecule has 6 nitrogen and oxygen atoms in total. The maximum Gasteiger partial charge on any atom is 0.237 e. The van der Waals surface area contributed by atoms with Crippen molar-refractivity contribution in [3.63, 3.8) is 0 Å². The van der Waals surface area contributed by atoms with Crippen LogP contribution in [0.5, 0.6) is 11.5 Å². The highest BCUT2D eigenvalue weighted by atomic mass is 16.5. The van der Waals surface area contributed by atoms with E-state index in [0.717, 1.165) is 62.8 Å². The summed E-state index contributed by atoms with van der Waals surface area (Å²) < 4.78 is 10.9. The van der Waals surface area contributed by atoms with Gasteiger partial charge < -0.3 is 14.4 Å². The standard InChI is InChI=1S/C25H33N3O3/c1-19-5-4-6-20(13-19)16-26-9-11-27(12-10-26)18-25(29)28-8-7-21-14-23(30-2)24(31-3)15-22(21)17-28/h4-6,13-15H,7-12,16-18H2,1-3H3. The van der Waals surface area contributed by atoms with E-state index in [1.807, 2.05) is 17.0 Å². The molecule has 0 radical (unpaired) electrons. The molecule has 1 saturated heterocycles. The first kappa shape index (κ1) is 21.7. The van der Waals surface area contributed by atoms with E-state index in [1.54, 1.807) is 14.2 Å². The van der Waals surface area contributed by atoms with Crippen molar-refractivity contribution < 1.29 is 14.3 Å². The third kappa shape index (κ3) is 5.20. The summed E-state index contributed by atoms with van der Waals surface area (Å²) in [7, 11) is 3.30. The number of fused-ring (bicyclic) bond motifs is 1. The summed E-state index contributed by atoms with van der Waals surface area (Å²) >= 11 is 0. The molecule has 2 aromatic carbocycles. The lowest BCUT2D eigenvalue weighted by Crippen LogP contribution is -2.50. The fourth-order valence-electron chi connectivity index (χ4n) is 4.56. The number of aryl methyl sites for hydroxylation is 1. The summed E-state index contributed by atoms with van der Waals surface area (Å²) in [6.07, 6.45) is 0.853. The highest BCUT2D eigenvalue weighted by Crippen LogP contribution is 2.33. The van der Waals surface area contributed by atoms with Gasteiger partial charge in [-0.1, -0.05) is 29.8 Å². The lowest BCUT2D eigenvalue weighted by atomic mass is 9.98. The third-order valence-electron chi connectivity index (χ3n) is 6.38. The zero-order chi connectivity index (χ0) is 21.8. The number of ether oxygens (including phenoxy) is 2. The maximum atomic E-state index is 13.0. The van der Waals surface area contributed by atoms with E-state index in [0.29, 0.717) is 13.1 Å². The van der Waals surface area contributed by atoms with Crippen LogP contribution in [0.15, 0.2) is 36.4 Å². The Hall–Kier alpha value is -2.57. The molecule has 166 valence electrons. The van der Waals surface area contributed by atoms with Crippen molar-refractivity contribution in [3.05, 3.63) is 58.7 Å². The lowest BCUT2D eigenvalue weighted by Gasteiger charge is -2.36. The van der Waals surface area contributed by atoms with Crippen molar-refractivity contribution in [3.8, 4) is 11.5 Å². The predicted octanol–water partition coefficient (Wildman–Crippen LogP) is 2.71. The summed E-state index contributed by atoms with van der Waals surface area (Å²) in [4.78, 5) is 19.7. The van der Waals surface area contributed by atoms with E-state index in [9.17, 15) is 4.79 Å². The van der Waals surface area contributed by atoms with Gasteiger partial charge in [-0.25, -0.2) is 0 Å². The number of carbonyl (C=O) groups excluding carboxylic acids is 1. The van der Waals surface area contributed by atoms with Gasteiger partial charge in [0.1, 0.15) is 0 Å². The number of hydrogen-bond acceptors (Lipinski definition) is 5. The molecule has 0 atom stereocenters. The molecule has 4 rings (SSSR count). The van der Waals surface area contributed by atoms with Crippen molar-refractivity contribution in [2.45, 2.75) is 26.4 Å². The zero-order valence-electron chi connectivity index (χ0n) is 18.9. The molecule has 6 heteroatoms. The average molecular weight is 424 g/mol. The van der Waals surface area contributed by atoms with Gasteiger partial charge in [-0.15, -0.1) is 0 Å². The topological polar surface area (TPSA) is 45.3 Å². The minimum absolute atomic E-state index is 0.215. The Morgan fingerprint density at radius 1 is 0.903 bits per heavy atom. The highest BCUT2D eigenvalue weighted by Gasteiger charge is 2.25. The van der Waals surface area contributed by atoms with Crippen LogP contribution < -0.4 is 9.47 Å². The number of methoxy groups -OCH3 is 2. The van der Waals surface area contributed by atoms with Crippen molar-refractivity contribution in [2.75, 3.05) is 53.5 Å². The summed E-state index contributed by atoms with van der Waals surface area (Å²) in [5, 5.41) is 0. The lowest BCUT2D eigenvalue weighted by molar-refractivity contribution is -0.133. The zero-order valence-corrected chi connectivity index (χ0v) is 18.9. The second-order valence-corrected chi connectivity index (χ2v) is 8.58. The molecule has 0 aromatic heterocycles. The Balaban J connectivity index is 1.29. The Labute approximate surface area is 185 Å². The van der Waals surface area contributed by atoms with Crippen molar-refractivity contribution in [1.82, 2.24) is 14.7 Å². The predicted molar refractivity (Wildman–Crippen MR) is 122 cm³/mol. The van der Waals surface area contributed by atoms with Crippen LogP contribution in [-0.2, 0) is 24.3 Å².